The lowest BCUT2D eigenvalue weighted by Crippen LogP contribution is -2.61. The number of methoxy groups -OCH3 is 1. The molecule has 0 aromatic heterocycles. The van der Waals surface area contributed by atoms with Gasteiger partial charge in [-0.25, -0.2) is 0 Å². The molecule has 1 aromatic rings. The molecule has 1 N–H and O–H groups in total. The van der Waals surface area contributed by atoms with E-state index in [1.54, 1.807) is 7.11 Å². The molecule has 1 aromatic carbocycles. The van der Waals surface area contributed by atoms with Crippen molar-refractivity contribution >= 4 is 0 Å². The van der Waals surface area contributed by atoms with Crippen LogP contribution in [0.15, 0.2) is 24.3 Å². The van der Waals surface area contributed by atoms with Gasteiger partial charge in [-0.1, -0.05) is 12.1 Å². The molecule has 0 bridgehead atoms. The van der Waals surface area contributed by atoms with Crippen molar-refractivity contribution in [2.75, 3.05) is 20.2 Å². The number of nitrogens with zero attached hydrogens (tertiary/aromatic N) is 1. The van der Waals surface area contributed by atoms with Crippen molar-refractivity contribution in [3.05, 3.63) is 29.8 Å². The van der Waals surface area contributed by atoms with E-state index in [1.807, 2.05) is 0 Å². The van der Waals surface area contributed by atoms with Gasteiger partial charge in [0.25, 0.3) is 0 Å². The second-order valence-electron chi connectivity index (χ2n) is 6.92. The van der Waals surface area contributed by atoms with E-state index in [0.29, 0.717) is 6.04 Å². The first kappa shape index (κ1) is 13.9. The average molecular weight is 274 g/mol. The molecule has 1 atom stereocenters. The topological polar surface area (TPSA) is 24.5 Å². The van der Waals surface area contributed by atoms with Crippen molar-refractivity contribution in [1.29, 1.82) is 0 Å². The van der Waals surface area contributed by atoms with Crippen LogP contribution in [0.1, 0.15) is 32.3 Å². The molecule has 1 aliphatic carbocycles. The third kappa shape index (κ3) is 3.15. The van der Waals surface area contributed by atoms with Crippen molar-refractivity contribution < 1.29 is 4.74 Å². The van der Waals surface area contributed by atoms with Gasteiger partial charge in [0.2, 0.25) is 0 Å². The number of ether oxygens (including phenoxy) is 1. The highest BCUT2D eigenvalue weighted by atomic mass is 16.5. The Kier molecular flexibility index (Phi) is 3.74. The number of hydrogen-bond donors (Lipinski definition) is 1. The van der Waals surface area contributed by atoms with Crippen molar-refractivity contribution in [3.63, 3.8) is 0 Å². The Labute approximate surface area is 122 Å². The maximum Gasteiger partial charge on any atom is 0.118 e. The Bertz CT molecular complexity index is 451. The first-order chi connectivity index (χ1) is 9.57. The molecule has 0 amide bonds. The maximum atomic E-state index is 5.24. The second-order valence-corrected chi connectivity index (χ2v) is 6.92. The van der Waals surface area contributed by atoms with Crippen molar-refractivity contribution in [2.45, 2.75) is 44.8 Å². The van der Waals surface area contributed by atoms with Gasteiger partial charge in [0, 0.05) is 31.2 Å². The van der Waals surface area contributed by atoms with Gasteiger partial charge in [-0.2, -0.15) is 0 Å². The summed E-state index contributed by atoms with van der Waals surface area (Å²) in [5, 5.41) is 3.70. The molecule has 3 heteroatoms. The molecule has 2 fully saturated rings. The number of piperazine rings is 1. The normalized spacial score (nSPS) is 26.4. The lowest BCUT2D eigenvalue weighted by molar-refractivity contribution is 0.0759. The molecular formula is C17H26N2O. The summed E-state index contributed by atoms with van der Waals surface area (Å²) in [6, 6.07) is 9.23. The third-order valence-corrected chi connectivity index (χ3v) is 4.57. The van der Waals surface area contributed by atoms with E-state index in [9.17, 15) is 0 Å². The minimum absolute atomic E-state index is 0.220. The third-order valence-electron chi connectivity index (χ3n) is 4.57. The van der Waals surface area contributed by atoms with Gasteiger partial charge < -0.3 is 10.1 Å². The zero-order valence-corrected chi connectivity index (χ0v) is 12.9. The summed E-state index contributed by atoms with van der Waals surface area (Å²) >= 11 is 0. The van der Waals surface area contributed by atoms with Crippen molar-refractivity contribution in [1.82, 2.24) is 10.2 Å². The Morgan fingerprint density at radius 3 is 2.55 bits per heavy atom. The molecule has 3 nitrogen and oxygen atoms in total. The highest BCUT2D eigenvalue weighted by Gasteiger charge is 2.40. The summed E-state index contributed by atoms with van der Waals surface area (Å²) < 4.78 is 5.24. The van der Waals surface area contributed by atoms with E-state index in [-0.39, 0.29) is 5.54 Å². The van der Waals surface area contributed by atoms with Gasteiger partial charge >= 0.3 is 0 Å². The van der Waals surface area contributed by atoms with Gasteiger partial charge in [-0.15, -0.1) is 0 Å². The average Bonchev–Trinajstić information content (AvgIpc) is 3.23. The summed E-state index contributed by atoms with van der Waals surface area (Å²) in [6.45, 7) is 7.92. The molecule has 3 rings (SSSR count). The highest BCUT2D eigenvalue weighted by Crippen LogP contribution is 2.37. The molecule has 1 saturated carbocycles. The number of benzene rings is 1. The van der Waals surface area contributed by atoms with Crippen molar-refractivity contribution in [3.8, 4) is 5.75 Å². The Morgan fingerprint density at radius 2 is 1.95 bits per heavy atom. The molecule has 0 spiro atoms. The van der Waals surface area contributed by atoms with E-state index in [4.69, 9.17) is 4.74 Å². The SMILES string of the molecule is COc1ccc(CN2CC(C)(C)NCC2C2CC2)cc1. The van der Waals surface area contributed by atoms with Crippen LogP contribution in [0.25, 0.3) is 0 Å². The van der Waals surface area contributed by atoms with Gasteiger partial charge in [-0.3, -0.25) is 4.90 Å². The van der Waals surface area contributed by atoms with Crippen LogP contribution >= 0.6 is 0 Å². The van der Waals surface area contributed by atoms with Crippen LogP contribution in [-0.2, 0) is 6.54 Å². The molecular weight excluding hydrogens is 248 g/mol. The zero-order valence-electron chi connectivity index (χ0n) is 12.9. The molecule has 2 aliphatic rings. The fraction of sp³-hybridized carbons (Fsp3) is 0.647. The first-order valence-electron chi connectivity index (χ1n) is 7.69. The number of nitrogens with one attached hydrogen (secondary N) is 1. The van der Waals surface area contributed by atoms with E-state index in [2.05, 4.69) is 48.3 Å². The predicted octanol–water partition coefficient (Wildman–Crippen LogP) is 2.66. The van der Waals surface area contributed by atoms with Gasteiger partial charge in [0.15, 0.2) is 0 Å². The minimum Gasteiger partial charge on any atom is -0.497 e. The predicted molar refractivity (Wildman–Crippen MR) is 82.0 cm³/mol. The van der Waals surface area contributed by atoms with Crippen LogP contribution in [-0.4, -0.2) is 36.7 Å². The highest BCUT2D eigenvalue weighted by molar-refractivity contribution is 5.27. The first-order valence-corrected chi connectivity index (χ1v) is 7.69. The second kappa shape index (κ2) is 5.38. The number of hydrogen-bond acceptors (Lipinski definition) is 3. The molecule has 110 valence electrons. The van der Waals surface area contributed by atoms with Gasteiger partial charge in [0.05, 0.1) is 7.11 Å². The molecule has 1 heterocycles. The molecule has 0 radical (unpaired) electrons. The van der Waals surface area contributed by atoms with E-state index < -0.39 is 0 Å². The Morgan fingerprint density at radius 1 is 1.25 bits per heavy atom. The van der Waals surface area contributed by atoms with Crippen LogP contribution in [0.4, 0.5) is 0 Å². The van der Waals surface area contributed by atoms with Crippen LogP contribution in [0, 0.1) is 5.92 Å². The van der Waals surface area contributed by atoms with Crippen LogP contribution in [0.2, 0.25) is 0 Å². The minimum atomic E-state index is 0.220. The standard InChI is InChI=1S/C17H26N2O/c1-17(2)12-19(16(10-18-17)14-6-7-14)11-13-4-8-15(20-3)9-5-13/h4-5,8-9,14,16,18H,6-7,10-12H2,1-3H3. The smallest absolute Gasteiger partial charge is 0.118 e. The molecule has 1 unspecified atom stereocenters. The van der Waals surface area contributed by atoms with E-state index >= 15 is 0 Å². The lowest BCUT2D eigenvalue weighted by atomic mass is 9.96. The zero-order chi connectivity index (χ0) is 14.2. The quantitative estimate of drug-likeness (QED) is 0.913. The largest absolute Gasteiger partial charge is 0.497 e. The summed E-state index contributed by atoms with van der Waals surface area (Å²) in [5.41, 5.74) is 1.60. The fourth-order valence-electron chi connectivity index (χ4n) is 3.28. The van der Waals surface area contributed by atoms with E-state index in [0.717, 1.165) is 31.3 Å². The van der Waals surface area contributed by atoms with Crippen LogP contribution in [0.5, 0.6) is 5.75 Å². The Balaban J connectivity index is 1.71. The van der Waals surface area contributed by atoms with Crippen LogP contribution < -0.4 is 10.1 Å². The van der Waals surface area contributed by atoms with Crippen molar-refractivity contribution in [2.24, 2.45) is 5.92 Å². The monoisotopic (exact) mass is 274 g/mol. The molecule has 1 aliphatic heterocycles. The Hall–Kier alpha value is -1.06. The fourth-order valence-corrected chi connectivity index (χ4v) is 3.28. The molecule has 20 heavy (non-hydrogen) atoms. The summed E-state index contributed by atoms with van der Waals surface area (Å²) in [7, 11) is 1.72. The van der Waals surface area contributed by atoms with Gasteiger partial charge in [0.1, 0.15) is 5.75 Å². The van der Waals surface area contributed by atoms with Gasteiger partial charge in [-0.05, 0) is 50.3 Å². The summed E-state index contributed by atoms with van der Waals surface area (Å²) in [6.07, 6.45) is 2.82. The molecule has 1 saturated heterocycles. The lowest BCUT2D eigenvalue weighted by Gasteiger charge is -2.45. The summed E-state index contributed by atoms with van der Waals surface area (Å²) in [4.78, 5) is 2.68. The van der Waals surface area contributed by atoms with E-state index in [1.165, 1.54) is 18.4 Å². The van der Waals surface area contributed by atoms with Crippen LogP contribution in [0.3, 0.4) is 0 Å². The maximum absolute atomic E-state index is 5.24. The number of rotatable bonds is 4. The summed E-state index contributed by atoms with van der Waals surface area (Å²) in [5.74, 6) is 1.85.